The molecule has 0 saturated heterocycles. The van der Waals surface area contributed by atoms with Crippen LogP contribution in [0.15, 0.2) is 25.3 Å². The molecule has 0 aliphatic heterocycles. The first-order valence-electron chi connectivity index (χ1n) is 5.28. The van der Waals surface area contributed by atoms with Gasteiger partial charge in [-0.1, -0.05) is 19.1 Å². The van der Waals surface area contributed by atoms with Crippen molar-refractivity contribution < 1.29 is 17.2 Å². The van der Waals surface area contributed by atoms with Gasteiger partial charge in [0.2, 0.25) is 10.4 Å². The van der Waals surface area contributed by atoms with Crippen molar-refractivity contribution in [2.24, 2.45) is 5.92 Å². The monoisotopic (exact) mass is 265 g/mol. The number of hydrogen-bond acceptors (Lipinski definition) is 4. The molecule has 0 aromatic heterocycles. The molecular weight excluding hydrogens is 242 g/mol. The second-order valence-electron chi connectivity index (χ2n) is 3.69. The Kier molecular flexibility index (Phi) is 10.3. The fraction of sp³-hybridized carbons (Fsp3) is 0.636. The molecule has 102 valence electrons. The smallest absolute Gasteiger partial charge is 0.217 e. The molecule has 1 atom stereocenters. The fourth-order valence-electron chi connectivity index (χ4n) is 1.57. The predicted molar refractivity (Wildman–Crippen MR) is 68.6 cm³/mol. The Morgan fingerprint density at radius 1 is 1.29 bits per heavy atom. The summed E-state index contributed by atoms with van der Waals surface area (Å²) < 4.78 is 35.9. The van der Waals surface area contributed by atoms with Gasteiger partial charge in [0.1, 0.15) is 0 Å². The molecule has 0 radical (unpaired) electrons. The zero-order valence-electron chi connectivity index (χ0n) is 10.6. The summed E-state index contributed by atoms with van der Waals surface area (Å²) in [5, 5.41) is 0. The SMILES string of the molecule is C=CCC(CC=C)CC(CC)OS(=O)(=O)[O-].[NH4+]. The summed E-state index contributed by atoms with van der Waals surface area (Å²) in [7, 11) is -4.61. The molecule has 1 unspecified atom stereocenters. The Balaban J connectivity index is 0. The highest BCUT2D eigenvalue weighted by Crippen LogP contribution is 2.21. The summed E-state index contributed by atoms with van der Waals surface area (Å²) in [6.45, 7) is 9.06. The largest absolute Gasteiger partial charge is 0.726 e. The minimum atomic E-state index is -4.61. The predicted octanol–water partition coefficient (Wildman–Crippen LogP) is 2.78. The molecule has 0 aromatic rings. The number of allylic oxidation sites excluding steroid dienone is 2. The standard InChI is InChI=1S/C11H20O4S.H3N/c1-4-7-10(8-5-2)9-11(6-3)15-16(12,13)14;/h4-5,10-11H,1-2,6-9H2,3H3,(H,12,13,14);1H3. The Bertz CT molecular complexity index is 303. The highest BCUT2D eigenvalue weighted by atomic mass is 32.3. The van der Waals surface area contributed by atoms with E-state index in [0.717, 1.165) is 12.8 Å². The molecule has 0 bridgehead atoms. The third-order valence-electron chi connectivity index (χ3n) is 2.31. The molecule has 0 spiro atoms. The molecule has 0 amide bonds. The molecule has 0 aliphatic carbocycles. The van der Waals surface area contributed by atoms with Crippen LogP contribution in [0, 0.1) is 5.92 Å². The van der Waals surface area contributed by atoms with Crippen molar-refractivity contribution in [3.8, 4) is 0 Å². The van der Waals surface area contributed by atoms with Crippen molar-refractivity contribution in [2.75, 3.05) is 0 Å². The Morgan fingerprint density at radius 3 is 2.06 bits per heavy atom. The third kappa shape index (κ3) is 10.2. The molecule has 0 aromatic carbocycles. The Morgan fingerprint density at radius 2 is 1.76 bits per heavy atom. The van der Waals surface area contributed by atoms with Crippen LogP contribution in [0.2, 0.25) is 0 Å². The molecule has 6 heteroatoms. The summed E-state index contributed by atoms with van der Waals surface area (Å²) >= 11 is 0. The lowest BCUT2D eigenvalue weighted by Gasteiger charge is -2.22. The molecule has 0 fully saturated rings. The van der Waals surface area contributed by atoms with Crippen LogP contribution >= 0.6 is 0 Å². The minimum Gasteiger partial charge on any atom is -0.726 e. The van der Waals surface area contributed by atoms with Crippen molar-refractivity contribution in [1.82, 2.24) is 6.15 Å². The lowest BCUT2D eigenvalue weighted by molar-refractivity contribution is 0.147. The maximum Gasteiger partial charge on any atom is 0.217 e. The Hall–Kier alpha value is -0.690. The molecule has 0 heterocycles. The highest BCUT2D eigenvalue weighted by Gasteiger charge is 2.16. The maximum atomic E-state index is 10.5. The van der Waals surface area contributed by atoms with E-state index in [9.17, 15) is 13.0 Å². The first-order valence-corrected chi connectivity index (χ1v) is 6.62. The van der Waals surface area contributed by atoms with Gasteiger partial charge in [0.25, 0.3) is 0 Å². The van der Waals surface area contributed by atoms with Gasteiger partial charge >= 0.3 is 0 Å². The van der Waals surface area contributed by atoms with Gasteiger partial charge in [0, 0.05) is 0 Å². The van der Waals surface area contributed by atoms with Crippen LogP contribution in [-0.2, 0) is 14.6 Å². The van der Waals surface area contributed by atoms with Gasteiger partial charge in [-0.2, -0.15) is 0 Å². The molecular formula is C11H23NO4S. The van der Waals surface area contributed by atoms with Gasteiger partial charge < -0.3 is 10.7 Å². The van der Waals surface area contributed by atoms with Gasteiger partial charge in [-0.15, -0.1) is 13.2 Å². The molecule has 4 N–H and O–H groups in total. The fourth-order valence-corrected chi connectivity index (χ4v) is 2.12. The third-order valence-corrected chi connectivity index (χ3v) is 2.81. The van der Waals surface area contributed by atoms with Crippen molar-refractivity contribution in [3.05, 3.63) is 25.3 Å². The molecule has 5 nitrogen and oxygen atoms in total. The zero-order chi connectivity index (χ0) is 12.6. The quantitative estimate of drug-likeness (QED) is 0.393. The molecule has 17 heavy (non-hydrogen) atoms. The van der Waals surface area contributed by atoms with Crippen molar-refractivity contribution in [2.45, 2.75) is 38.7 Å². The summed E-state index contributed by atoms with van der Waals surface area (Å²) in [5.74, 6) is 0.224. The van der Waals surface area contributed by atoms with Gasteiger partial charge in [0.15, 0.2) is 0 Å². The highest BCUT2D eigenvalue weighted by molar-refractivity contribution is 7.80. The number of rotatable bonds is 9. The summed E-state index contributed by atoms with van der Waals surface area (Å²) in [6, 6.07) is 0. The first kappa shape index (κ1) is 18.7. The van der Waals surface area contributed by atoms with Crippen molar-refractivity contribution in [1.29, 1.82) is 0 Å². The second kappa shape index (κ2) is 9.35. The van der Waals surface area contributed by atoms with Crippen LogP contribution in [0.3, 0.4) is 0 Å². The van der Waals surface area contributed by atoms with Gasteiger partial charge in [-0.05, 0) is 31.6 Å². The van der Waals surface area contributed by atoms with Crippen LogP contribution in [0.5, 0.6) is 0 Å². The summed E-state index contributed by atoms with van der Waals surface area (Å²) in [6.07, 6.45) is 5.52. The van der Waals surface area contributed by atoms with Crippen molar-refractivity contribution >= 4 is 10.4 Å². The second-order valence-corrected chi connectivity index (χ2v) is 4.69. The molecule has 0 aliphatic rings. The maximum absolute atomic E-state index is 10.5. The average Bonchev–Trinajstić information content (AvgIpc) is 2.15. The average molecular weight is 265 g/mol. The number of hydrogen-bond donors (Lipinski definition) is 1. The number of quaternary nitrogens is 1. The van der Waals surface area contributed by atoms with E-state index in [1.807, 2.05) is 0 Å². The Labute approximate surface area is 104 Å². The van der Waals surface area contributed by atoms with E-state index < -0.39 is 16.5 Å². The zero-order valence-corrected chi connectivity index (χ0v) is 11.4. The summed E-state index contributed by atoms with van der Waals surface area (Å²) in [4.78, 5) is 0. The van der Waals surface area contributed by atoms with E-state index >= 15 is 0 Å². The van der Waals surface area contributed by atoms with Gasteiger partial charge in [0.05, 0.1) is 6.10 Å². The molecule has 0 saturated carbocycles. The lowest BCUT2D eigenvalue weighted by Crippen LogP contribution is -2.20. The normalized spacial score (nSPS) is 12.9. The van der Waals surface area contributed by atoms with E-state index in [1.165, 1.54) is 0 Å². The van der Waals surface area contributed by atoms with Crippen LogP contribution in [0.1, 0.15) is 32.6 Å². The van der Waals surface area contributed by atoms with E-state index in [-0.39, 0.29) is 12.1 Å². The molecule has 0 rings (SSSR count). The van der Waals surface area contributed by atoms with E-state index in [2.05, 4.69) is 17.3 Å². The van der Waals surface area contributed by atoms with Crippen LogP contribution in [-0.4, -0.2) is 19.1 Å². The van der Waals surface area contributed by atoms with Crippen LogP contribution < -0.4 is 6.15 Å². The van der Waals surface area contributed by atoms with E-state index in [0.29, 0.717) is 12.8 Å². The van der Waals surface area contributed by atoms with Gasteiger partial charge in [-0.3, -0.25) is 4.18 Å². The van der Waals surface area contributed by atoms with Crippen LogP contribution in [0.25, 0.3) is 0 Å². The summed E-state index contributed by atoms with van der Waals surface area (Å²) in [5.41, 5.74) is 0. The topological polar surface area (TPSA) is 103 Å². The van der Waals surface area contributed by atoms with E-state index in [1.54, 1.807) is 19.1 Å². The van der Waals surface area contributed by atoms with Crippen LogP contribution in [0.4, 0.5) is 0 Å². The van der Waals surface area contributed by atoms with Gasteiger partial charge in [-0.25, -0.2) is 8.42 Å². The first-order chi connectivity index (χ1) is 7.42. The van der Waals surface area contributed by atoms with Crippen molar-refractivity contribution in [3.63, 3.8) is 0 Å². The minimum absolute atomic E-state index is 0. The van der Waals surface area contributed by atoms with E-state index in [4.69, 9.17) is 0 Å². The lowest BCUT2D eigenvalue weighted by atomic mass is 9.94.